The monoisotopic (exact) mass is 502 g/mol. The number of nitrogens with zero attached hydrogens (tertiary/aromatic N) is 3. The fourth-order valence-corrected chi connectivity index (χ4v) is 6.22. The molecule has 1 saturated heterocycles. The summed E-state index contributed by atoms with van der Waals surface area (Å²) < 4.78 is 0. The number of rotatable bonds is 5. The summed E-state index contributed by atoms with van der Waals surface area (Å²) in [4.78, 5) is 33.8. The van der Waals surface area contributed by atoms with Gasteiger partial charge in [0.2, 0.25) is 5.91 Å². The third-order valence-electron chi connectivity index (χ3n) is 7.32. The van der Waals surface area contributed by atoms with E-state index in [-0.39, 0.29) is 24.0 Å². The molecule has 6 nitrogen and oxygen atoms in total. The highest BCUT2D eigenvalue weighted by Crippen LogP contribution is 2.37. The van der Waals surface area contributed by atoms with Gasteiger partial charge in [-0.1, -0.05) is 60.2 Å². The highest BCUT2D eigenvalue weighted by molar-refractivity contribution is 7.10. The van der Waals surface area contributed by atoms with Crippen LogP contribution in [0.5, 0.6) is 0 Å². The lowest BCUT2D eigenvalue weighted by atomic mass is 9.92. The number of hydrogen-bond acceptors (Lipinski definition) is 4. The Kier molecular flexibility index (Phi) is 7.39. The highest BCUT2D eigenvalue weighted by Gasteiger charge is 2.34. The number of aryl methyl sites for hydroxylation is 1. The molecule has 1 fully saturated rings. The van der Waals surface area contributed by atoms with Gasteiger partial charge in [-0.3, -0.25) is 9.69 Å². The number of carbonyl (C=O) groups is 2. The van der Waals surface area contributed by atoms with E-state index < -0.39 is 0 Å². The molecular formula is C29H34N4O2S. The van der Waals surface area contributed by atoms with Crippen LogP contribution in [-0.2, 0) is 17.8 Å². The van der Waals surface area contributed by atoms with Gasteiger partial charge in [-0.2, -0.15) is 0 Å². The van der Waals surface area contributed by atoms with Crippen molar-refractivity contribution in [3.63, 3.8) is 0 Å². The predicted molar refractivity (Wildman–Crippen MR) is 144 cm³/mol. The van der Waals surface area contributed by atoms with Gasteiger partial charge in [0.25, 0.3) is 0 Å². The number of benzene rings is 2. The SMILES string of the molecule is Cc1ccc([C@@H]2c3ccsc3CCN2CC(=O)N2CCN(C(=O)NCc3ccccc3)[C@@H](C)C2)cc1. The summed E-state index contributed by atoms with van der Waals surface area (Å²) in [6, 6.07) is 20.8. The Morgan fingerprint density at radius 2 is 1.78 bits per heavy atom. The summed E-state index contributed by atoms with van der Waals surface area (Å²) in [6.07, 6.45) is 0.981. The van der Waals surface area contributed by atoms with Crippen LogP contribution in [0.3, 0.4) is 0 Å². The van der Waals surface area contributed by atoms with E-state index in [1.165, 1.54) is 21.6 Å². The fourth-order valence-electron chi connectivity index (χ4n) is 5.31. The summed E-state index contributed by atoms with van der Waals surface area (Å²) in [7, 11) is 0. The van der Waals surface area contributed by atoms with Crippen molar-refractivity contribution in [3.8, 4) is 0 Å². The summed E-state index contributed by atoms with van der Waals surface area (Å²) >= 11 is 1.82. The van der Waals surface area contributed by atoms with E-state index in [2.05, 4.69) is 52.9 Å². The Bertz CT molecular complexity index is 1190. The van der Waals surface area contributed by atoms with Gasteiger partial charge in [-0.25, -0.2) is 4.79 Å². The van der Waals surface area contributed by atoms with E-state index >= 15 is 0 Å². The topological polar surface area (TPSA) is 55.9 Å². The first-order valence-electron chi connectivity index (χ1n) is 12.7. The van der Waals surface area contributed by atoms with Crippen LogP contribution in [0.1, 0.15) is 40.1 Å². The standard InChI is InChI=1S/C29H34N4O2S/c1-21-8-10-24(11-9-21)28-25-13-17-36-26(25)12-14-32(28)20-27(34)31-15-16-33(22(2)19-31)29(35)30-18-23-6-4-3-5-7-23/h3-11,13,17,22,28H,12,14-16,18-20H2,1-2H3,(H,30,35)/t22-,28+/m0/s1. The van der Waals surface area contributed by atoms with Crippen LogP contribution < -0.4 is 5.32 Å². The highest BCUT2D eigenvalue weighted by atomic mass is 32.1. The Balaban J connectivity index is 1.21. The summed E-state index contributed by atoms with van der Waals surface area (Å²) in [6.45, 7) is 7.56. The van der Waals surface area contributed by atoms with Gasteiger partial charge in [0, 0.05) is 43.6 Å². The molecule has 0 radical (unpaired) electrons. The lowest BCUT2D eigenvalue weighted by molar-refractivity contribution is -0.135. The fraction of sp³-hybridized carbons (Fsp3) is 0.379. The number of amides is 3. The molecule has 5 rings (SSSR count). The molecular weight excluding hydrogens is 468 g/mol. The lowest BCUT2D eigenvalue weighted by Gasteiger charge is -2.41. The second-order valence-electron chi connectivity index (χ2n) is 9.86. The molecule has 0 saturated carbocycles. The number of carbonyl (C=O) groups excluding carboxylic acids is 2. The summed E-state index contributed by atoms with van der Waals surface area (Å²) in [5, 5.41) is 5.19. The van der Waals surface area contributed by atoms with Crippen LogP contribution in [0.2, 0.25) is 0 Å². The minimum Gasteiger partial charge on any atom is -0.338 e. The van der Waals surface area contributed by atoms with Crippen molar-refractivity contribution >= 4 is 23.3 Å². The molecule has 0 bridgehead atoms. The van der Waals surface area contributed by atoms with Crippen molar-refractivity contribution < 1.29 is 9.59 Å². The molecule has 3 aromatic rings. The zero-order valence-electron chi connectivity index (χ0n) is 21.0. The molecule has 2 aliphatic rings. The summed E-state index contributed by atoms with van der Waals surface area (Å²) in [5.41, 5.74) is 4.88. The van der Waals surface area contributed by atoms with Crippen LogP contribution in [0, 0.1) is 6.92 Å². The van der Waals surface area contributed by atoms with Gasteiger partial charge in [0.05, 0.1) is 12.6 Å². The van der Waals surface area contributed by atoms with E-state index in [1.807, 2.05) is 58.4 Å². The van der Waals surface area contributed by atoms with E-state index in [0.29, 0.717) is 32.7 Å². The van der Waals surface area contributed by atoms with Gasteiger partial charge in [-0.15, -0.1) is 11.3 Å². The Labute approximate surface area is 217 Å². The minimum absolute atomic E-state index is 0.0313. The largest absolute Gasteiger partial charge is 0.338 e. The smallest absolute Gasteiger partial charge is 0.318 e. The number of thiophene rings is 1. The number of nitrogens with one attached hydrogen (secondary N) is 1. The zero-order chi connectivity index (χ0) is 25.1. The van der Waals surface area contributed by atoms with Crippen LogP contribution in [0.15, 0.2) is 66.0 Å². The third-order valence-corrected chi connectivity index (χ3v) is 8.32. The number of hydrogen-bond donors (Lipinski definition) is 1. The van der Waals surface area contributed by atoms with Gasteiger partial charge in [-0.05, 0) is 48.4 Å². The molecule has 2 aliphatic heterocycles. The zero-order valence-corrected chi connectivity index (χ0v) is 21.8. The van der Waals surface area contributed by atoms with E-state index in [9.17, 15) is 9.59 Å². The molecule has 36 heavy (non-hydrogen) atoms. The molecule has 0 aliphatic carbocycles. The number of urea groups is 1. The first-order chi connectivity index (χ1) is 17.5. The van der Waals surface area contributed by atoms with Crippen LogP contribution in [-0.4, -0.2) is 65.4 Å². The average molecular weight is 503 g/mol. The maximum absolute atomic E-state index is 13.4. The van der Waals surface area contributed by atoms with Crippen molar-refractivity contribution in [2.75, 3.05) is 32.7 Å². The van der Waals surface area contributed by atoms with Gasteiger partial charge in [0.15, 0.2) is 0 Å². The third kappa shape index (κ3) is 5.32. The number of piperazine rings is 1. The van der Waals surface area contributed by atoms with Crippen molar-refractivity contribution in [1.29, 1.82) is 0 Å². The second kappa shape index (κ2) is 10.8. The molecule has 2 aromatic carbocycles. The van der Waals surface area contributed by atoms with Crippen LogP contribution in [0.4, 0.5) is 4.79 Å². The molecule has 1 aromatic heterocycles. The Morgan fingerprint density at radius 1 is 1.00 bits per heavy atom. The summed E-state index contributed by atoms with van der Waals surface area (Å²) in [5.74, 6) is 0.141. The molecule has 0 spiro atoms. The van der Waals surface area contributed by atoms with Crippen molar-refractivity contribution in [2.45, 2.75) is 38.9 Å². The van der Waals surface area contributed by atoms with Gasteiger partial charge >= 0.3 is 6.03 Å². The van der Waals surface area contributed by atoms with Crippen LogP contribution >= 0.6 is 11.3 Å². The molecule has 188 valence electrons. The molecule has 3 amide bonds. The predicted octanol–water partition coefficient (Wildman–Crippen LogP) is 4.45. The average Bonchev–Trinajstić information content (AvgIpc) is 3.37. The molecule has 2 atom stereocenters. The van der Waals surface area contributed by atoms with E-state index in [4.69, 9.17) is 0 Å². The molecule has 3 heterocycles. The Morgan fingerprint density at radius 3 is 2.53 bits per heavy atom. The molecule has 0 unspecified atom stereocenters. The van der Waals surface area contributed by atoms with Crippen LogP contribution in [0.25, 0.3) is 0 Å². The van der Waals surface area contributed by atoms with Crippen molar-refractivity contribution in [1.82, 2.24) is 20.0 Å². The maximum atomic E-state index is 13.4. The number of fused-ring (bicyclic) bond motifs is 1. The minimum atomic E-state index is -0.0705. The lowest BCUT2D eigenvalue weighted by Crippen LogP contribution is -2.58. The Hall–Kier alpha value is -3.16. The molecule has 1 N–H and O–H groups in total. The van der Waals surface area contributed by atoms with E-state index in [1.54, 1.807) is 0 Å². The molecule has 7 heteroatoms. The van der Waals surface area contributed by atoms with Gasteiger partial charge < -0.3 is 15.1 Å². The van der Waals surface area contributed by atoms with E-state index in [0.717, 1.165) is 18.5 Å². The van der Waals surface area contributed by atoms with Crippen molar-refractivity contribution in [2.24, 2.45) is 0 Å². The first kappa shape index (κ1) is 24.5. The maximum Gasteiger partial charge on any atom is 0.318 e. The second-order valence-corrected chi connectivity index (χ2v) is 10.9. The quantitative estimate of drug-likeness (QED) is 0.561. The normalized spacial score (nSPS) is 20.2. The van der Waals surface area contributed by atoms with Gasteiger partial charge in [0.1, 0.15) is 0 Å². The van der Waals surface area contributed by atoms with Crippen molar-refractivity contribution in [3.05, 3.63) is 93.2 Å². The first-order valence-corrected chi connectivity index (χ1v) is 13.6.